The number of amides is 2. The number of carbonyl (C=O) groups excluding carboxylic acids is 2. The van der Waals surface area contributed by atoms with Crippen LogP contribution in [0.3, 0.4) is 0 Å². The van der Waals surface area contributed by atoms with Crippen LogP contribution in [0.4, 0.5) is 16.3 Å². The Labute approximate surface area is 230 Å². The minimum absolute atomic E-state index is 0.0683. The van der Waals surface area contributed by atoms with E-state index in [1.165, 1.54) is 0 Å². The van der Waals surface area contributed by atoms with Crippen LogP contribution in [-0.4, -0.2) is 70.2 Å². The van der Waals surface area contributed by atoms with Gasteiger partial charge in [0.2, 0.25) is 0 Å². The number of hydrogen-bond acceptors (Lipinski definition) is 7. The van der Waals surface area contributed by atoms with Crippen LogP contribution in [-0.2, 0) is 4.74 Å². The highest BCUT2D eigenvalue weighted by Crippen LogP contribution is 2.31. The molecule has 39 heavy (non-hydrogen) atoms. The van der Waals surface area contributed by atoms with Gasteiger partial charge >= 0.3 is 6.09 Å². The van der Waals surface area contributed by atoms with Crippen LogP contribution < -0.4 is 15.0 Å². The van der Waals surface area contributed by atoms with Crippen molar-refractivity contribution in [1.29, 1.82) is 0 Å². The molecule has 1 saturated heterocycles. The Balaban J connectivity index is 1.36. The number of aryl methyl sites for hydroxylation is 2. The van der Waals surface area contributed by atoms with Gasteiger partial charge in [-0.1, -0.05) is 20.8 Å². The van der Waals surface area contributed by atoms with E-state index in [-0.39, 0.29) is 17.4 Å². The number of piperazine rings is 1. The van der Waals surface area contributed by atoms with E-state index < -0.39 is 5.60 Å². The van der Waals surface area contributed by atoms with E-state index >= 15 is 0 Å². The predicted molar refractivity (Wildman–Crippen MR) is 152 cm³/mol. The van der Waals surface area contributed by atoms with Crippen LogP contribution in [0.1, 0.15) is 62.7 Å². The summed E-state index contributed by atoms with van der Waals surface area (Å²) in [6, 6.07) is 3.70. The van der Waals surface area contributed by atoms with E-state index in [4.69, 9.17) is 9.47 Å². The van der Waals surface area contributed by atoms with Crippen LogP contribution in [0, 0.1) is 19.3 Å². The molecule has 1 N–H and O–H groups in total. The van der Waals surface area contributed by atoms with Gasteiger partial charge in [-0.25, -0.2) is 14.8 Å². The molecule has 0 unspecified atom stereocenters. The third-order valence-corrected chi connectivity index (χ3v) is 6.70. The highest BCUT2D eigenvalue weighted by atomic mass is 16.6. The summed E-state index contributed by atoms with van der Waals surface area (Å²) < 4.78 is 13.2. The van der Waals surface area contributed by atoms with E-state index in [0.29, 0.717) is 43.3 Å². The Morgan fingerprint density at radius 1 is 1.03 bits per heavy atom. The molecular weight excluding hydrogens is 496 g/mol. The number of pyridine rings is 2. The molecule has 1 aliphatic heterocycles. The van der Waals surface area contributed by atoms with Gasteiger partial charge in [0.05, 0.1) is 30.3 Å². The summed E-state index contributed by atoms with van der Waals surface area (Å²) in [6.45, 7) is 16.6. The average molecular weight is 537 g/mol. The molecule has 4 rings (SSSR count). The first-order chi connectivity index (χ1) is 18.3. The third-order valence-electron chi connectivity index (χ3n) is 6.70. The fourth-order valence-electron chi connectivity index (χ4n) is 5.41. The van der Waals surface area contributed by atoms with Crippen molar-refractivity contribution in [3.05, 3.63) is 47.5 Å². The first-order valence-electron chi connectivity index (χ1n) is 13.3. The number of rotatable bonds is 6. The van der Waals surface area contributed by atoms with Gasteiger partial charge in [-0.2, -0.15) is 0 Å². The van der Waals surface area contributed by atoms with E-state index in [1.807, 2.05) is 44.4 Å². The maximum Gasteiger partial charge on any atom is 0.410 e. The molecule has 10 heteroatoms. The number of anilines is 2. The van der Waals surface area contributed by atoms with Gasteiger partial charge in [0.25, 0.3) is 5.91 Å². The van der Waals surface area contributed by atoms with Crippen molar-refractivity contribution >= 4 is 29.2 Å². The van der Waals surface area contributed by atoms with Crippen molar-refractivity contribution in [3.8, 4) is 5.75 Å². The molecule has 2 amide bonds. The van der Waals surface area contributed by atoms with Crippen LogP contribution >= 0.6 is 0 Å². The summed E-state index contributed by atoms with van der Waals surface area (Å²) in [7, 11) is 1.55. The number of fused-ring (bicyclic) bond motifs is 1. The Morgan fingerprint density at radius 2 is 1.72 bits per heavy atom. The SMILES string of the molecule is COc1c(C(=O)Nc2ccc(N3CCN(C(=O)OC(C)(C)CC(C)(C)C)CC3)cn2)cn2cc(C)nc2c1C. The van der Waals surface area contributed by atoms with Crippen molar-refractivity contribution in [1.82, 2.24) is 19.3 Å². The normalized spacial score (nSPS) is 14.5. The second-order valence-electron chi connectivity index (χ2n) is 12.0. The quantitative estimate of drug-likeness (QED) is 0.469. The number of ether oxygens (including phenoxy) is 2. The minimum Gasteiger partial charge on any atom is -0.495 e. The first kappa shape index (κ1) is 28.2. The van der Waals surface area contributed by atoms with Crippen LogP contribution in [0.25, 0.3) is 5.65 Å². The monoisotopic (exact) mass is 536 g/mol. The molecule has 10 nitrogen and oxygen atoms in total. The Kier molecular flexibility index (Phi) is 7.77. The van der Waals surface area contributed by atoms with Gasteiger partial charge in [0.1, 0.15) is 22.8 Å². The summed E-state index contributed by atoms with van der Waals surface area (Å²) >= 11 is 0. The van der Waals surface area contributed by atoms with Crippen molar-refractivity contribution in [3.63, 3.8) is 0 Å². The van der Waals surface area contributed by atoms with E-state index in [1.54, 1.807) is 30.5 Å². The molecule has 0 aromatic carbocycles. The zero-order chi connectivity index (χ0) is 28.5. The predicted octanol–water partition coefficient (Wildman–Crippen LogP) is 5.08. The third kappa shape index (κ3) is 6.61. The minimum atomic E-state index is -0.525. The lowest BCUT2D eigenvalue weighted by molar-refractivity contribution is -0.0103. The molecule has 0 atom stereocenters. The molecular formula is C29H40N6O4. The van der Waals surface area contributed by atoms with Crippen molar-refractivity contribution in [2.75, 3.05) is 43.5 Å². The summed E-state index contributed by atoms with van der Waals surface area (Å²) in [5, 5.41) is 2.87. The number of carbonyl (C=O) groups is 2. The van der Waals surface area contributed by atoms with Gasteiger partial charge in [-0.15, -0.1) is 0 Å². The summed E-state index contributed by atoms with van der Waals surface area (Å²) in [4.78, 5) is 38.8. The molecule has 3 aromatic rings. The molecule has 210 valence electrons. The molecule has 0 spiro atoms. The van der Waals surface area contributed by atoms with Crippen molar-refractivity contribution in [2.24, 2.45) is 5.41 Å². The lowest BCUT2D eigenvalue weighted by Crippen LogP contribution is -2.50. The van der Waals surface area contributed by atoms with Crippen LogP contribution in [0.5, 0.6) is 5.75 Å². The topological polar surface area (TPSA) is 101 Å². The number of aromatic nitrogens is 3. The summed E-state index contributed by atoms with van der Waals surface area (Å²) in [5.74, 6) is 0.610. The van der Waals surface area contributed by atoms with Crippen molar-refractivity contribution < 1.29 is 19.1 Å². The second kappa shape index (κ2) is 10.7. The highest BCUT2D eigenvalue weighted by Gasteiger charge is 2.32. The molecule has 0 bridgehead atoms. The second-order valence-corrected chi connectivity index (χ2v) is 12.0. The van der Waals surface area contributed by atoms with Gasteiger partial charge in [-0.3, -0.25) is 4.79 Å². The van der Waals surface area contributed by atoms with Gasteiger partial charge in [0.15, 0.2) is 0 Å². The Morgan fingerprint density at radius 3 is 2.31 bits per heavy atom. The zero-order valence-electron chi connectivity index (χ0n) is 24.3. The number of nitrogens with zero attached hydrogens (tertiary/aromatic N) is 5. The molecule has 0 radical (unpaired) electrons. The van der Waals surface area contributed by atoms with E-state index in [9.17, 15) is 9.59 Å². The molecule has 1 aliphatic rings. The maximum absolute atomic E-state index is 13.1. The fraction of sp³-hybridized carbons (Fsp3) is 0.517. The lowest BCUT2D eigenvalue weighted by atomic mass is 9.84. The summed E-state index contributed by atoms with van der Waals surface area (Å²) in [5.41, 5.74) is 3.28. The smallest absolute Gasteiger partial charge is 0.410 e. The maximum atomic E-state index is 13.1. The Bertz CT molecular complexity index is 1350. The molecule has 0 saturated carbocycles. The van der Waals surface area contributed by atoms with Crippen LogP contribution in [0.2, 0.25) is 0 Å². The van der Waals surface area contributed by atoms with Gasteiger partial charge in [-0.05, 0) is 51.7 Å². The summed E-state index contributed by atoms with van der Waals surface area (Å²) in [6.07, 6.45) is 5.85. The number of hydrogen-bond donors (Lipinski definition) is 1. The number of methoxy groups -OCH3 is 1. The molecule has 3 aromatic heterocycles. The van der Waals surface area contributed by atoms with Gasteiger partial charge < -0.3 is 29.0 Å². The molecule has 4 heterocycles. The van der Waals surface area contributed by atoms with E-state index in [0.717, 1.165) is 29.0 Å². The first-order valence-corrected chi connectivity index (χ1v) is 13.3. The fourth-order valence-corrected chi connectivity index (χ4v) is 5.41. The van der Waals surface area contributed by atoms with Crippen molar-refractivity contribution in [2.45, 2.75) is 60.5 Å². The Hall–Kier alpha value is -3.82. The van der Waals surface area contributed by atoms with E-state index in [2.05, 4.69) is 41.0 Å². The highest BCUT2D eigenvalue weighted by molar-refractivity contribution is 6.06. The average Bonchev–Trinajstić information content (AvgIpc) is 3.23. The number of nitrogens with one attached hydrogen (secondary N) is 1. The van der Waals surface area contributed by atoms with Gasteiger partial charge in [0, 0.05) is 44.1 Å². The standard InChI is InChI=1S/C29H40N6O4/c1-19-16-35-17-22(24(38-8)20(2)25(35)31-19)26(36)32-23-10-9-21(15-30-23)33-11-13-34(14-12-33)27(37)39-29(6,7)18-28(3,4)5/h9-10,15-17H,11-14,18H2,1-8H3,(H,30,32,36). The molecule has 0 aliphatic carbocycles. The molecule has 1 fully saturated rings. The zero-order valence-corrected chi connectivity index (χ0v) is 24.3. The largest absolute Gasteiger partial charge is 0.495 e. The lowest BCUT2D eigenvalue weighted by Gasteiger charge is -2.38. The number of imidazole rings is 1. The van der Waals surface area contributed by atoms with Crippen LogP contribution in [0.15, 0.2) is 30.7 Å².